The van der Waals surface area contributed by atoms with Gasteiger partial charge in [0.15, 0.2) is 0 Å². The molecular weight excluding hydrogens is 348 g/mol. The summed E-state index contributed by atoms with van der Waals surface area (Å²) in [5.41, 5.74) is 4.60. The lowest BCUT2D eigenvalue weighted by Crippen LogP contribution is -2.35. The summed E-state index contributed by atoms with van der Waals surface area (Å²) >= 11 is 0. The summed E-state index contributed by atoms with van der Waals surface area (Å²) < 4.78 is 6.23. The van der Waals surface area contributed by atoms with Crippen LogP contribution in [0.25, 0.3) is 10.8 Å². The van der Waals surface area contributed by atoms with Gasteiger partial charge in [-0.25, -0.2) is 0 Å². The molecule has 1 heterocycles. The topological polar surface area (TPSA) is 50.4 Å². The lowest BCUT2D eigenvalue weighted by Gasteiger charge is -2.16. The van der Waals surface area contributed by atoms with Crippen LogP contribution in [0.5, 0.6) is 5.75 Å². The van der Waals surface area contributed by atoms with Gasteiger partial charge in [0.05, 0.1) is 6.04 Å². The first-order valence-corrected chi connectivity index (χ1v) is 9.82. The highest BCUT2D eigenvalue weighted by atomic mass is 16.5. The van der Waals surface area contributed by atoms with E-state index in [1.165, 1.54) is 21.9 Å². The van der Waals surface area contributed by atoms with Crippen LogP contribution in [-0.4, -0.2) is 18.5 Å². The SMILES string of the molecule is Cc1cc(CNC2CCNC2=O)cc(C)c1OCc1cccc2ccccc12. The van der Waals surface area contributed by atoms with Crippen molar-refractivity contribution in [1.82, 2.24) is 10.6 Å². The number of carbonyl (C=O) groups is 1. The van der Waals surface area contributed by atoms with Gasteiger partial charge in [-0.15, -0.1) is 0 Å². The van der Waals surface area contributed by atoms with Crippen LogP contribution in [-0.2, 0) is 17.9 Å². The molecule has 144 valence electrons. The van der Waals surface area contributed by atoms with E-state index < -0.39 is 0 Å². The number of hydrogen-bond acceptors (Lipinski definition) is 3. The van der Waals surface area contributed by atoms with Crippen molar-refractivity contribution in [3.05, 3.63) is 76.9 Å². The maximum atomic E-state index is 11.7. The smallest absolute Gasteiger partial charge is 0.237 e. The van der Waals surface area contributed by atoms with Crippen LogP contribution >= 0.6 is 0 Å². The highest BCUT2D eigenvalue weighted by Crippen LogP contribution is 2.27. The minimum absolute atomic E-state index is 0.0806. The molecule has 4 nitrogen and oxygen atoms in total. The maximum absolute atomic E-state index is 11.7. The summed E-state index contributed by atoms with van der Waals surface area (Å²) in [6, 6.07) is 18.9. The molecule has 0 bridgehead atoms. The molecule has 4 rings (SSSR count). The lowest BCUT2D eigenvalue weighted by atomic mass is 10.0. The third-order valence-electron chi connectivity index (χ3n) is 5.37. The largest absolute Gasteiger partial charge is 0.488 e. The van der Waals surface area contributed by atoms with Crippen molar-refractivity contribution in [3.8, 4) is 5.75 Å². The first-order valence-electron chi connectivity index (χ1n) is 9.82. The summed E-state index contributed by atoms with van der Waals surface area (Å²) in [5, 5.41) is 8.67. The van der Waals surface area contributed by atoms with Crippen molar-refractivity contribution in [3.63, 3.8) is 0 Å². The average molecular weight is 374 g/mol. The van der Waals surface area contributed by atoms with E-state index in [4.69, 9.17) is 4.74 Å². The van der Waals surface area contributed by atoms with Gasteiger partial charge in [0.1, 0.15) is 12.4 Å². The van der Waals surface area contributed by atoms with Crippen molar-refractivity contribution >= 4 is 16.7 Å². The monoisotopic (exact) mass is 374 g/mol. The Morgan fingerprint density at radius 3 is 2.57 bits per heavy atom. The molecule has 0 saturated carbocycles. The molecule has 1 aliphatic rings. The molecule has 1 aliphatic heterocycles. The minimum Gasteiger partial charge on any atom is -0.488 e. The van der Waals surface area contributed by atoms with Crippen LogP contribution < -0.4 is 15.4 Å². The summed E-state index contributed by atoms with van der Waals surface area (Å²) in [5.74, 6) is 1.04. The van der Waals surface area contributed by atoms with Crippen molar-refractivity contribution < 1.29 is 9.53 Å². The average Bonchev–Trinajstić information content (AvgIpc) is 3.10. The van der Waals surface area contributed by atoms with Crippen molar-refractivity contribution in [2.45, 2.75) is 39.5 Å². The molecule has 3 aromatic rings. The number of hydrogen-bond donors (Lipinski definition) is 2. The second-order valence-corrected chi connectivity index (χ2v) is 7.50. The van der Waals surface area contributed by atoms with E-state index in [1.807, 2.05) is 0 Å². The van der Waals surface area contributed by atoms with Crippen LogP contribution in [0.15, 0.2) is 54.6 Å². The van der Waals surface area contributed by atoms with Crippen LogP contribution in [0.3, 0.4) is 0 Å². The molecule has 1 atom stereocenters. The van der Waals surface area contributed by atoms with Crippen LogP contribution in [0.4, 0.5) is 0 Å². The van der Waals surface area contributed by atoms with Crippen molar-refractivity contribution in [1.29, 1.82) is 0 Å². The molecule has 3 aromatic carbocycles. The van der Waals surface area contributed by atoms with E-state index >= 15 is 0 Å². The van der Waals surface area contributed by atoms with E-state index in [1.54, 1.807) is 0 Å². The third kappa shape index (κ3) is 3.87. The number of ether oxygens (including phenoxy) is 1. The zero-order chi connectivity index (χ0) is 19.5. The summed E-state index contributed by atoms with van der Waals surface area (Å²) in [6.07, 6.45) is 0.850. The van der Waals surface area contributed by atoms with Crippen LogP contribution in [0.1, 0.15) is 28.7 Å². The van der Waals surface area contributed by atoms with Gasteiger partial charge in [-0.1, -0.05) is 54.6 Å². The predicted molar refractivity (Wildman–Crippen MR) is 112 cm³/mol. The van der Waals surface area contributed by atoms with Gasteiger partial charge >= 0.3 is 0 Å². The van der Waals surface area contributed by atoms with E-state index in [9.17, 15) is 4.79 Å². The van der Waals surface area contributed by atoms with Gasteiger partial charge in [0, 0.05) is 13.1 Å². The second-order valence-electron chi connectivity index (χ2n) is 7.50. The quantitative estimate of drug-likeness (QED) is 0.685. The first kappa shape index (κ1) is 18.5. The molecule has 1 saturated heterocycles. The fraction of sp³-hybridized carbons (Fsp3) is 0.292. The molecule has 4 heteroatoms. The van der Waals surface area contributed by atoms with Gasteiger partial charge in [-0.2, -0.15) is 0 Å². The number of fused-ring (bicyclic) bond motifs is 1. The Balaban J connectivity index is 1.46. The molecular formula is C24H26N2O2. The number of benzene rings is 3. The second kappa shape index (κ2) is 8.03. The molecule has 0 aromatic heterocycles. The molecule has 0 aliphatic carbocycles. The summed E-state index contributed by atoms with van der Waals surface area (Å²) in [6.45, 7) is 6.15. The van der Waals surface area contributed by atoms with Gasteiger partial charge < -0.3 is 15.4 Å². The first-order chi connectivity index (χ1) is 13.6. The normalized spacial score (nSPS) is 16.4. The molecule has 28 heavy (non-hydrogen) atoms. The number of rotatable bonds is 6. The molecule has 2 N–H and O–H groups in total. The van der Waals surface area contributed by atoms with E-state index in [0.29, 0.717) is 13.2 Å². The fourth-order valence-electron chi connectivity index (χ4n) is 3.97. The fourth-order valence-corrected chi connectivity index (χ4v) is 3.97. The molecule has 1 fully saturated rings. The van der Waals surface area contributed by atoms with E-state index in [2.05, 4.69) is 79.1 Å². The zero-order valence-electron chi connectivity index (χ0n) is 16.4. The Morgan fingerprint density at radius 1 is 1.07 bits per heavy atom. The number of amides is 1. The van der Waals surface area contributed by atoms with Gasteiger partial charge in [0.2, 0.25) is 5.91 Å². The lowest BCUT2D eigenvalue weighted by molar-refractivity contribution is -0.120. The maximum Gasteiger partial charge on any atom is 0.237 e. The van der Waals surface area contributed by atoms with Crippen molar-refractivity contribution in [2.75, 3.05) is 6.54 Å². The summed E-state index contributed by atoms with van der Waals surface area (Å²) in [7, 11) is 0. The predicted octanol–water partition coefficient (Wildman–Crippen LogP) is 4.01. The molecule has 1 amide bonds. The highest BCUT2D eigenvalue weighted by molar-refractivity contribution is 5.85. The minimum atomic E-state index is -0.0806. The van der Waals surface area contributed by atoms with E-state index in [0.717, 1.165) is 29.8 Å². The van der Waals surface area contributed by atoms with Crippen LogP contribution in [0.2, 0.25) is 0 Å². The standard InChI is InChI=1S/C24H26N2O2/c1-16-12-18(14-26-22-10-11-25-24(22)27)13-17(2)23(16)28-15-20-8-5-7-19-6-3-4-9-21(19)20/h3-9,12-13,22,26H,10-11,14-15H2,1-2H3,(H,25,27). The Labute approximate surface area is 165 Å². The van der Waals surface area contributed by atoms with Gasteiger partial charge in [-0.05, 0) is 53.3 Å². The molecule has 0 spiro atoms. The number of carbonyl (C=O) groups excluding carboxylic acids is 1. The summed E-state index contributed by atoms with van der Waals surface area (Å²) in [4.78, 5) is 11.7. The van der Waals surface area contributed by atoms with Crippen molar-refractivity contribution in [2.24, 2.45) is 0 Å². The van der Waals surface area contributed by atoms with Gasteiger partial charge in [-0.3, -0.25) is 4.79 Å². The Hall–Kier alpha value is -2.85. The third-order valence-corrected chi connectivity index (χ3v) is 5.37. The highest BCUT2D eigenvalue weighted by Gasteiger charge is 2.23. The Morgan fingerprint density at radius 2 is 1.82 bits per heavy atom. The Bertz CT molecular complexity index is 984. The van der Waals surface area contributed by atoms with E-state index in [-0.39, 0.29) is 11.9 Å². The molecule has 1 unspecified atom stereocenters. The van der Waals surface area contributed by atoms with Crippen LogP contribution in [0, 0.1) is 13.8 Å². The zero-order valence-corrected chi connectivity index (χ0v) is 16.4. The number of nitrogens with one attached hydrogen (secondary N) is 2. The Kier molecular flexibility index (Phi) is 5.31. The van der Waals surface area contributed by atoms with Gasteiger partial charge in [0.25, 0.3) is 0 Å². The number of aryl methyl sites for hydroxylation is 2. The molecule has 0 radical (unpaired) electrons.